The summed E-state index contributed by atoms with van der Waals surface area (Å²) in [6.45, 7) is 5.96. The highest BCUT2D eigenvalue weighted by molar-refractivity contribution is 9.09. The van der Waals surface area contributed by atoms with Gasteiger partial charge in [0.2, 0.25) is 0 Å². The first-order valence-electron chi connectivity index (χ1n) is 3.65. The van der Waals surface area contributed by atoms with E-state index in [1.165, 1.54) is 5.56 Å². The first-order valence-corrected chi connectivity index (χ1v) is 5.15. The molecule has 1 aromatic carbocycles. The largest absolute Gasteiger partial charge is 0.0943 e. The zero-order chi connectivity index (χ0) is 9.14. The van der Waals surface area contributed by atoms with Crippen LogP contribution in [-0.2, 0) is 0 Å². The summed E-state index contributed by atoms with van der Waals surface area (Å²) < 4.78 is 0. The predicted molar refractivity (Wildman–Crippen MR) is 59.0 cm³/mol. The van der Waals surface area contributed by atoms with Crippen LogP contribution in [0.3, 0.4) is 0 Å². The molecule has 0 spiro atoms. The Morgan fingerprint density at radius 3 is 2.83 bits per heavy atom. The van der Waals surface area contributed by atoms with Crippen molar-refractivity contribution in [1.82, 2.24) is 0 Å². The lowest BCUT2D eigenvalue weighted by molar-refractivity contribution is 1.44. The van der Waals surface area contributed by atoms with Crippen LogP contribution in [0.25, 0.3) is 5.57 Å². The fourth-order valence-electron chi connectivity index (χ4n) is 0.982. The highest BCUT2D eigenvalue weighted by atomic mass is 79.9. The number of aryl methyl sites for hydroxylation is 1. The van der Waals surface area contributed by atoms with Crippen LogP contribution in [0.1, 0.15) is 11.1 Å². The van der Waals surface area contributed by atoms with E-state index in [0.29, 0.717) is 0 Å². The monoisotopic (exact) mass is 244 g/mol. The molecule has 0 aliphatic heterocycles. The van der Waals surface area contributed by atoms with Gasteiger partial charge in [0.1, 0.15) is 0 Å². The molecule has 0 radical (unpaired) electrons. The van der Waals surface area contributed by atoms with Gasteiger partial charge in [0.05, 0.1) is 0 Å². The summed E-state index contributed by atoms with van der Waals surface area (Å²) >= 11 is 9.34. The molecule has 64 valence electrons. The molecule has 2 heteroatoms. The van der Waals surface area contributed by atoms with Crippen molar-refractivity contribution >= 4 is 33.1 Å². The minimum absolute atomic E-state index is 0.760. The Balaban J connectivity index is 3.13. The van der Waals surface area contributed by atoms with Crippen molar-refractivity contribution in [2.45, 2.75) is 6.92 Å². The molecule has 1 aromatic rings. The minimum atomic E-state index is 0.760. The lowest BCUT2D eigenvalue weighted by Crippen LogP contribution is -1.86. The summed E-state index contributed by atoms with van der Waals surface area (Å²) in [7, 11) is 0. The van der Waals surface area contributed by atoms with Crippen molar-refractivity contribution in [1.29, 1.82) is 0 Å². The van der Waals surface area contributed by atoms with E-state index in [9.17, 15) is 0 Å². The lowest BCUT2D eigenvalue weighted by Gasteiger charge is -2.05. The van der Waals surface area contributed by atoms with E-state index in [2.05, 4.69) is 22.5 Å². The summed E-state index contributed by atoms with van der Waals surface area (Å²) in [6, 6.07) is 5.94. The molecule has 0 saturated carbocycles. The van der Waals surface area contributed by atoms with Gasteiger partial charge in [-0.05, 0) is 24.1 Å². The van der Waals surface area contributed by atoms with Gasteiger partial charge >= 0.3 is 0 Å². The van der Waals surface area contributed by atoms with Crippen LogP contribution < -0.4 is 0 Å². The van der Waals surface area contributed by atoms with Crippen LogP contribution in [0.5, 0.6) is 0 Å². The summed E-state index contributed by atoms with van der Waals surface area (Å²) in [6.07, 6.45) is 0. The maximum Gasteiger partial charge on any atom is 0.0481 e. The molecule has 0 amide bonds. The molecule has 0 atom stereocenters. The molecular weight excluding hydrogens is 235 g/mol. The highest BCUT2D eigenvalue weighted by Gasteiger charge is 2.02. The van der Waals surface area contributed by atoms with Crippen LogP contribution in [-0.4, -0.2) is 5.33 Å². The Morgan fingerprint density at radius 1 is 1.58 bits per heavy atom. The Hall–Kier alpha value is -0.270. The van der Waals surface area contributed by atoms with Crippen molar-refractivity contribution in [3.05, 3.63) is 40.9 Å². The smallest absolute Gasteiger partial charge is 0.0481 e. The number of benzene rings is 1. The van der Waals surface area contributed by atoms with Gasteiger partial charge in [0.25, 0.3) is 0 Å². The fourth-order valence-corrected chi connectivity index (χ4v) is 1.54. The maximum atomic E-state index is 5.99. The zero-order valence-electron chi connectivity index (χ0n) is 6.90. The Kier molecular flexibility index (Phi) is 3.36. The highest BCUT2D eigenvalue weighted by Crippen LogP contribution is 2.24. The van der Waals surface area contributed by atoms with E-state index >= 15 is 0 Å². The molecule has 0 saturated heterocycles. The molecule has 0 heterocycles. The van der Waals surface area contributed by atoms with Crippen LogP contribution in [0.15, 0.2) is 24.8 Å². The van der Waals surface area contributed by atoms with E-state index in [0.717, 1.165) is 21.5 Å². The van der Waals surface area contributed by atoms with Gasteiger partial charge in [-0.2, -0.15) is 0 Å². The van der Waals surface area contributed by atoms with Gasteiger partial charge in [-0.3, -0.25) is 0 Å². The molecule has 0 unspecified atom stereocenters. The number of halogens is 2. The van der Waals surface area contributed by atoms with Crippen molar-refractivity contribution in [3.63, 3.8) is 0 Å². The van der Waals surface area contributed by atoms with Crippen molar-refractivity contribution in [2.75, 3.05) is 5.33 Å². The van der Waals surface area contributed by atoms with Crippen molar-refractivity contribution in [3.8, 4) is 0 Å². The summed E-state index contributed by atoms with van der Waals surface area (Å²) in [4.78, 5) is 0. The second-order valence-electron chi connectivity index (χ2n) is 2.72. The van der Waals surface area contributed by atoms with Gasteiger partial charge in [0, 0.05) is 10.4 Å². The number of rotatable bonds is 2. The average Bonchev–Trinajstić information content (AvgIpc) is 2.08. The number of alkyl halides is 1. The van der Waals surface area contributed by atoms with Crippen molar-refractivity contribution < 1.29 is 0 Å². The summed E-state index contributed by atoms with van der Waals surface area (Å²) in [5, 5.41) is 1.53. The van der Waals surface area contributed by atoms with Gasteiger partial charge in [-0.25, -0.2) is 0 Å². The lowest BCUT2D eigenvalue weighted by atomic mass is 10.1. The van der Waals surface area contributed by atoms with E-state index in [1.807, 2.05) is 25.1 Å². The van der Waals surface area contributed by atoms with E-state index in [1.54, 1.807) is 0 Å². The number of hydrogen-bond acceptors (Lipinski definition) is 0. The molecule has 0 fully saturated rings. The Bertz CT molecular complexity index is 305. The minimum Gasteiger partial charge on any atom is -0.0943 e. The maximum absolute atomic E-state index is 5.99. The van der Waals surface area contributed by atoms with Gasteiger partial charge < -0.3 is 0 Å². The van der Waals surface area contributed by atoms with Crippen LogP contribution >= 0.6 is 27.5 Å². The van der Waals surface area contributed by atoms with Crippen LogP contribution in [0.4, 0.5) is 0 Å². The third-order valence-corrected chi connectivity index (χ3v) is 2.67. The fraction of sp³-hybridized carbons (Fsp3) is 0.200. The quantitative estimate of drug-likeness (QED) is 0.690. The molecule has 12 heavy (non-hydrogen) atoms. The van der Waals surface area contributed by atoms with Crippen molar-refractivity contribution in [2.24, 2.45) is 0 Å². The van der Waals surface area contributed by atoms with Gasteiger partial charge in [0.15, 0.2) is 0 Å². The van der Waals surface area contributed by atoms with Gasteiger partial charge in [-0.1, -0.05) is 51.8 Å². The summed E-state index contributed by atoms with van der Waals surface area (Å²) in [5.74, 6) is 0. The van der Waals surface area contributed by atoms with Gasteiger partial charge in [-0.15, -0.1) is 0 Å². The molecule has 1 rings (SSSR count). The second kappa shape index (κ2) is 4.11. The predicted octanol–water partition coefficient (Wildman–Crippen LogP) is 4.06. The third kappa shape index (κ3) is 2.11. The molecule has 0 N–H and O–H groups in total. The Labute approximate surface area is 86.4 Å². The normalized spacial score (nSPS) is 9.92. The molecule has 0 aromatic heterocycles. The number of allylic oxidation sites excluding steroid dienone is 1. The van der Waals surface area contributed by atoms with E-state index in [-0.39, 0.29) is 0 Å². The standard InChI is InChI=1S/C10H10BrCl/c1-7-3-4-10(12)9(5-7)8(2)6-11/h3-5H,2,6H2,1H3. The second-order valence-corrected chi connectivity index (χ2v) is 3.69. The first-order chi connectivity index (χ1) is 5.65. The zero-order valence-corrected chi connectivity index (χ0v) is 9.24. The topological polar surface area (TPSA) is 0 Å². The first kappa shape index (κ1) is 9.82. The Morgan fingerprint density at radius 2 is 2.25 bits per heavy atom. The molecule has 0 nitrogen and oxygen atoms in total. The van der Waals surface area contributed by atoms with E-state index < -0.39 is 0 Å². The molecule has 0 aliphatic rings. The summed E-state index contributed by atoms with van der Waals surface area (Å²) in [5.41, 5.74) is 3.26. The van der Waals surface area contributed by atoms with Crippen LogP contribution in [0, 0.1) is 6.92 Å². The van der Waals surface area contributed by atoms with Crippen LogP contribution in [0.2, 0.25) is 5.02 Å². The SMILES string of the molecule is C=C(CBr)c1cc(C)ccc1Cl. The third-order valence-electron chi connectivity index (χ3n) is 1.66. The number of hydrogen-bond donors (Lipinski definition) is 0. The molecular formula is C10H10BrCl. The average molecular weight is 246 g/mol. The molecule has 0 bridgehead atoms. The van der Waals surface area contributed by atoms with E-state index in [4.69, 9.17) is 11.6 Å². The molecule has 0 aliphatic carbocycles.